The van der Waals surface area contributed by atoms with Crippen LogP contribution >= 0.6 is 0 Å². The predicted octanol–water partition coefficient (Wildman–Crippen LogP) is 2.01. The van der Waals surface area contributed by atoms with E-state index in [1.54, 1.807) is 13.8 Å². The Morgan fingerprint density at radius 2 is 1.73 bits per heavy atom. The minimum absolute atomic E-state index is 0.0157. The maximum atomic E-state index is 13.8. The molecule has 0 radical (unpaired) electrons. The van der Waals surface area contributed by atoms with Gasteiger partial charge in [-0.3, -0.25) is 9.59 Å². The van der Waals surface area contributed by atoms with E-state index < -0.39 is 52.2 Å². The fourth-order valence-electron chi connectivity index (χ4n) is 2.73. The summed E-state index contributed by atoms with van der Waals surface area (Å²) in [6, 6.07) is 9.83. The van der Waals surface area contributed by atoms with E-state index in [2.05, 4.69) is 10.6 Å². The summed E-state index contributed by atoms with van der Waals surface area (Å²) in [4.78, 5) is 37.0. The summed E-state index contributed by atoms with van der Waals surface area (Å²) >= 11 is 0. The number of nitrogens with zero attached hydrogens (tertiary/aromatic N) is 1. The third kappa shape index (κ3) is 6.83. The zero-order valence-corrected chi connectivity index (χ0v) is 19.5. The van der Waals surface area contributed by atoms with E-state index in [1.165, 1.54) is 56.6 Å². The molecule has 2 N–H and O–H groups in total. The van der Waals surface area contributed by atoms with Crippen molar-refractivity contribution >= 4 is 33.5 Å². The zero-order valence-electron chi connectivity index (χ0n) is 18.7. The molecule has 178 valence electrons. The number of sulfonamides is 1. The lowest BCUT2D eigenvalue weighted by atomic mass is 10.0. The smallest absolute Gasteiger partial charge is 0.329 e. The number of benzene rings is 2. The van der Waals surface area contributed by atoms with Crippen molar-refractivity contribution in [2.24, 2.45) is 5.92 Å². The maximum Gasteiger partial charge on any atom is 0.329 e. The monoisotopic (exact) mass is 479 g/mol. The highest BCUT2D eigenvalue weighted by molar-refractivity contribution is 7.89. The van der Waals surface area contributed by atoms with E-state index in [0.717, 1.165) is 10.4 Å². The summed E-state index contributed by atoms with van der Waals surface area (Å²) in [5.41, 5.74) is -0.0199. The summed E-state index contributed by atoms with van der Waals surface area (Å²) in [5, 5.41) is 4.88. The lowest BCUT2D eigenvalue weighted by Crippen LogP contribution is -2.46. The summed E-state index contributed by atoms with van der Waals surface area (Å²) in [7, 11) is -0.919. The van der Waals surface area contributed by atoms with Crippen molar-refractivity contribution < 1.29 is 31.9 Å². The highest BCUT2D eigenvalue weighted by Crippen LogP contribution is 2.18. The first-order chi connectivity index (χ1) is 15.4. The van der Waals surface area contributed by atoms with Crippen LogP contribution in [0.1, 0.15) is 24.2 Å². The molecule has 0 aromatic heterocycles. The van der Waals surface area contributed by atoms with Gasteiger partial charge in [0.05, 0.1) is 10.5 Å². The number of nitrogens with one attached hydrogen (secondary N) is 2. The molecular formula is C22H26FN3O6S. The van der Waals surface area contributed by atoms with Crippen LogP contribution in [0.4, 0.5) is 10.1 Å². The number of halogens is 1. The van der Waals surface area contributed by atoms with Gasteiger partial charge in [-0.05, 0) is 36.2 Å². The number of hydrogen-bond donors (Lipinski definition) is 2. The summed E-state index contributed by atoms with van der Waals surface area (Å²) in [6.07, 6.45) is 0. The third-order valence-corrected chi connectivity index (χ3v) is 6.38. The first-order valence-electron chi connectivity index (χ1n) is 9.98. The first kappa shape index (κ1) is 25.9. The van der Waals surface area contributed by atoms with Crippen LogP contribution in [-0.2, 0) is 24.3 Å². The van der Waals surface area contributed by atoms with Crippen molar-refractivity contribution in [3.63, 3.8) is 0 Å². The molecule has 0 spiro atoms. The molecule has 33 heavy (non-hydrogen) atoms. The van der Waals surface area contributed by atoms with Crippen LogP contribution in [0, 0.1) is 11.7 Å². The fourth-order valence-corrected chi connectivity index (χ4v) is 3.68. The highest BCUT2D eigenvalue weighted by atomic mass is 32.2. The van der Waals surface area contributed by atoms with Gasteiger partial charge >= 0.3 is 5.97 Å². The summed E-state index contributed by atoms with van der Waals surface area (Å²) in [6.45, 7) is 2.65. The number of amides is 2. The number of esters is 1. The van der Waals surface area contributed by atoms with Gasteiger partial charge in [-0.1, -0.05) is 32.0 Å². The van der Waals surface area contributed by atoms with Crippen molar-refractivity contribution in [1.82, 2.24) is 9.62 Å². The fraction of sp³-hybridized carbons (Fsp3) is 0.318. The van der Waals surface area contributed by atoms with E-state index in [-0.39, 0.29) is 16.1 Å². The Labute approximate surface area is 192 Å². The van der Waals surface area contributed by atoms with Gasteiger partial charge in [0, 0.05) is 19.8 Å². The number of ether oxygens (including phenoxy) is 1. The number of anilines is 1. The molecule has 2 aromatic rings. The van der Waals surface area contributed by atoms with Crippen LogP contribution in [0.15, 0.2) is 53.4 Å². The molecule has 0 saturated carbocycles. The van der Waals surface area contributed by atoms with Crippen molar-refractivity contribution in [2.45, 2.75) is 24.8 Å². The topological polar surface area (TPSA) is 122 Å². The zero-order chi connectivity index (χ0) is 24.8. The van der Waals surface area contributed by atoms with Crippen molar-refractivity contribution in [1.29, 1.82) is 0 Å². The second-order valence-electron chi connectivity index (χ2n) is 7.65. The quantitative estimate of drug-likeness (QED) is 0.531. The molecule has 0 unspecified atom stereocenters. The Morgan fingerprint density at radius 1 is 1.06 bits per heavy atom. The molecule has 0 bridgehead atoms. The van der Waals surface area contributed by atoms with Crippen molar-refractivity contribution in [3.8, 4) is 0 Å². The minimum atomic E-state index is -3.69. The lowest BCUT2D eigenvalue weighted by Gasteiger charge is -2.21. The number of hydrogen-bond acceptors (Lipinski definition) is 6. The molecule has 2 amide bonds. The Balaban J connectivity index is 2.00. The van der Waals surface area contributed by atoms with Crippen LogP contribution < -0.4 is 10.6 Å². The third-order valence-electron chi connectivity index (χ3n) is 4.57. The number of rotatable bonds is 9. The molecule has 0 saturated heterocycles. The minimum Gasteiger partial charge on any atom is -0.454 e. The van der Waals surface area contributed by atoms with Gasteiger partial charge in [-0.25, -0.2) is 21.9 Å². The SMILES string of the molecule is CC(C)[C@H](NC(=O)c1ccccc1F)C(=O)OCC(=O)Nc1cccc(S(=O)(=O)N(C)C)c1. The molecular weight excluding hydrogens is 453 g/mol. The van der Waals surface area contributed by atoms with Crippen LogP contribution in [0.5, 0.6) is 0 Å². The van der Waals surface area contributed by atoms with E-state index in [4.69, 9.17) is 4.74 Å². The van der Waals surface area contributed by atoms with Gasteiger partial charge in [0.15, 0.2) is 6.61 Å². The largest absolute Gasteiger partial charge is 0.454 e. The Hall–Kier alpha value is -3.31. The Bertz CT molecular complexity index is 1130. The molecule has 0 heterocycles. The van der Waals surface area contributed by atoms with E-state index in [0.29, 0.717) is 0 Å². The maximum absolute atomic E-state index is 13.8. The second-order valence-corrected chi connectivity index (χ2v) is 9.80. The summed E-state index contributed by atoms with van der Waals surface area (Å²) in [5.74, 6) is -3.49. The standard InChI is InChI=1S/C22H26FN3O6S/c1-14(2)20(25-21(28)17-10-5-6-11-18(17)23)22(29)32-13-19(27)24-15-8-7-9-16(12-15)33(30,31)26(3)4/h5-12,14,20H,13H2,1-4H3,(H,24,27)(H,25,28)/t20-/m0/s1. The molecule has 0 aliphatic rings. The Kier molecular flexibility index (Phi) is 8.66. The van der Waals surface area contributed by atoms with Crippen LogP contribution in [-0.4, -0.2) is 57.3 Å². The molecule has 9 nitrogen and oxygen atoms in total. The molecule has 0 aliphatic heterocycles. The van der Waals surface area contributed by atoms with E-state index >= 15 is 0 Å². The normalized spacial score (nSPS) is 12.3. The van der Waals surface area contributed by atoms with Gasteiger partial charge < -0.3 is 15.4 Å². The number of carbonyl (C=O) groups is 3. The van der Waals surface area contributed by atoms with Crippen molar-refractivity contribution in [2.75, 3.05) is 26.0 Å². The van der Waals surface area contributed by atoms with Gasteiger partial charge in [0.1, 0.15) is 11.9 Å². The predicted molar refractivity (Wildman–Crippen MR) is 119 cm³/mol. The number of carbonyl (C=O) groups excluding carboxylic acids is 3. The van der Waals surface area contributed by atoms with Crippen LogP contribution in [0.3, 0.4) is 0 Å². The van der Waals surface area contributed by atoms with E-state index in [1.807, 2.05) is 0 Å². The van der Waals surface area contributed by atoms with Gasteiger partial charge in [0.25, 0.3) is 11.8 Å². The molecule has 2 aromatic carbocycles. The van der Waals surface area contributed by atoms with Gasteiger partial charge in [0.2, 0.25) is 10.0 Å². The Morgan fingerprint density at radius 3 is 2.33 bits per heavy atom. The molecule has 11 heteroatoms. The highest BCUT2D eigenvalue weighted by Gasteiger charge is 2.27. The van der Waals surface area contributed by atoms with Gasteiger partial charge in [-0.2, -0.15) is 0 Å². The second kappa shape index (κ2) is 11.0. The average molecular weight is 480 g/mol. The lowest BCUT2D eigenvalue weighted by molar-refractivity contribution is -0.150. The molecule has 0 aliphatic carbocycles. The first-order valence-corrected chi connectivity index (χ1v) is 11.4. The molecule has 0 fully saturated rings. The molecule has 2 rings (SSSR count). The van der Waals surface area contributed by atoms with E-state index in [9.17, 15) is 27.2 Å². The van der Waals surface area contributed by atoms with Crippen molar-refractivity contribution in [3.05, 3.63) is 59.9 Å². The van der Waals surface area contributed by atoms with Crippen LogP contribution in [0.25, 0.3) is 0 Å². The van der Waals surface area contributed by atoms with Gasteiger partial charge in [-0.15, -0.1) is 0 Å². The van der Waals surface area contributed by atoms with Crippen LogP contribution in [0.2, 0.25) is 0 Å². The average Bonchev–Trinajstić information content (AvgIpc) is 2.75. The molecule has 1 atom stereocenters. The summed E-state index contributed by atoms with van der Waals surface area (Å²) < 4.78 is 44.3.